The first kappa shape index (κ1) is 20.2. The van der Waals surface area contributed by atoms with E-state index < -0.39 is 0 Å². The molecule has 0 saturated carbocycles. The molecule has 0 bridgehead atoms. The Bertz CT molecular complexity index is 1280. The summed E-state index contributed by atoms with van der Waals surface area (Å²) in [5.41, 5.74) is 7.87. The average molecular weight is 439 g/mol. The molecule has 2 aliphatic rings. The second-order valence-electron chi connectivity index (χ2n) is 8.93. The van der Waals surface area contributed by atoms with E-state index in [1.54, 1.807) is 6.20 Å². The number of ether oxygens (including phenoxy) is 1. The van der Waals surface area contributed by atoms with Gasteiger partial charge in [-0.15, -0.1) is 0 Å². The monoisotopic (exact) mass is 438 g/mol. The Balaban J connectivity index is 1.33. The fraction of sp³-hybridized carbons (Fsp3) is 0.308. The van der Waals surface area contributed by atoms with Crippen LogP contribution in [0.5, 0.6) is 0 Å². The van der Waals surface area contributed by atoms with Crippen LogP contribution < -0.4 is 0 Å². The summed E-state index contributed by atoms with van der Waals surface area (Å²) in [4.78, 5) is 16.2. The Morgan fingerprint density at radius 1 is 1.09 bits per heavy atom. The molecule has 33 heavy (non-hydrogen) atoms. The molecule has 5 heterocycles. The van der Waals surface area contributed by atoms with Gasteiger partial charge in [0.15, 0.2) is 0 Å². The summed E-state index contributed by atoms with van der Waals surface area (Å²) in [6.07, 6.45) is 9.36. The van der Waals surface area contributed by atoms with E-state index in [2.05, 4.69) is 46.3 Å². The Kier molecular flexibility index (Phi) is 5.20. The van der Waals surface area contributed by atoms with Gasteiger partial charge in [-0.25, -0.2) is 9.97 Å². The number of aromatic nitrogens is 5. The van der Waals surface area contributed by atoms with E-state index in [1.165, 1.54) is 16.7 Å². The van der Waals surface area contributed by atoms with Crippen LogP contribution in [-0.4, -0.2) is 56.4 Å². The van der Waals surface area contributed by atoms with Gasteiger partial charge in [0.1, 0.15) is 11.5 Å². The lowest BCUT2D eigenvalue weighted by molar-refractivity contribution is -0.0285. The number of fused-ring (bicyclic) bond motifs is 1. The highest BCUT2D eigenvalue weighted by molar-refractivity contribution is 5.78. The van der Waals surface area contributed by atoms with E-state index in [9.17, 15) is 0 Å². The summed E-state index contributed by atoms with van der Waals surface area (Å²) in [5.74, 6) is 0.817. The molecule has 7 nitrogen and oxygen atoms in total. The fourth-order valence-electron chi connectivity index (χ4n) is 4.53. The fourth-order valence-corrected chi connectivity index (χ4v) is 4.53. The van der Waals surface area contributed by atoms with Crippen LogP contribution >= 0.6 is 0 Å². The second kappa shape index (κ2) is 8.50. The van der Waals surface area contributed by atoms with Crippen molar-refractivity contribution in [2.45, 2.75) is 25.4 Å². The van der Waals surface area contributed by atoms with Gasteiger partial charge < -0.3 is 9.64 Å². The van der Waals surface area contributed by atoms with Crippen LogP contribution in [0.25, 0.3) is 22.5 Å². The SMILES string of the molecule is CN1CCc2cc(Cc3nccc(-c4cn(C5COC5)nc4-c4cccnc4)n3)ccc2C1. The number of rotatable bonds is 5. The summed E-state index contributed by atoms with van der Waals surface area (Å²) in [6, 6.07) is 13.0. The summed E-state index contributed by atoms with van der Waals surface area (Å²) in [7, 11) is 2.18. The van der Waals surface area contributed by atoms with Crippen LogP contribution in [0, 0.1) is 0 Å². The van der Waals surface area contributed by atoms with Gasteiger partial charge in [0.05, 0.1) is 24.9 Å². The molecule has 6 rings (SSSR count). The lowest BCUT2D eigenvalue weighted by Crippen LogP contribution is -2.30. The van der Waals surface area contributed by atoms with Gasteiger partial charge in [-0.1, -0.05) is 18.2 Å². The Morgan fingerprint density at radius 2 is 2.03 bits per heavy atom. The third kappa shape index (κ3) is 4.05. The van der Waals surface area contributed by atoms with E-state index in [0.717, 1.165) is 47.8 Å². The lowest BCUT2D eigenvalue weighted by atomic mass is 9.96. The number of pyridine rings is 1. The second-order valence-corrected chi connectivity index (χ2v) is 8.93. The quantitative estimate of drug-likeness (QED) is 0.475. The van der Waals surface area contributed by atoms with E-state index in [1.807, 2.05) is 35.3 Å². The van der Waals surface area contributed by atoms with Crippen molar-refractivity contribution in [3.63, 3.8) is 0 Å². The molecule has 1 saturated heterocycles. The minimum absolute atomic E-state index is 0.269. The Hall–Kier alpha value is -3.42. The smallest absolute Gasteiger partial charge is 0.133 e. The van der Waals surface area contributed by atoms with Gasteiger partial charge in [0.25, 0.3) is 0 Å². The zero-order chi connectivity index (χ0) is 22.2. The van der Waals surface area contributed by atoms with E-state index >= 15 is 0 Å². The van der Waals surface area contributed by atoms with Gasteiger partial charge in [0.2, 0.25) is 0 Å². The van der Waals surface area contributed by atoms with Crippen molar-refractivity contribution in [3.05, 3.63) is 83.7 Å². The van der Waals surface area contributed by atoms with Crippen LogP contribution in [0.4, 0.5) is 0 Å². The first-order valence-electron chi connectivity index (χ1n) is 11.4. The molecule has 0 spiro atoms. The third-order valence-corrected chi connectivity index (χ3v) is 6.48. The number of nitrogens with zero attached hydrogens (tertiary/aromatic N) is 6. The van der Waals surface area contributed by atoms with Crippen LogP contribution in [0.1, 0.15) is 28.6 Å². The third-order valence-electron chi connectivity index (χ3n) is 6.48. The predicted octanol–water partition coefficient (Wildman–Crippen LogP) is 3.55. The summed E-state index contributed by atoms with van der Waals surface area (Å²) < 4.78 is 7.38. The molecule has 1 aromatic carbocycles. The highest BCUT2D eigenvalue weighted by Gasteiger charge is 2.24. The summed E-state index contributed by atoms with van der Waals surface area (Å²) in [5, 5.41) is 4.88. The van der Waals surface area contributed by atoms with Crippen molar-refractivity contribution in [2.75, 3.05) is 26.8 Å². The van der Waals surface area contributed by atoms with E-state index in [4.69, 9.17) is 14.8 Å². The average Bonchev–Trinajstić information content (AvgIpc) is 3.23. The Labute approximate surface area is 193 Å². The molecule has 0 N–H and O–H groups in total. The molecule has 2 aliphatic heterocycles. The zero-order valence-corrected chi connectivity index (χ0v) is 18.7. The van der Waals surface area contributed by atoms with Crippen LogP contribution in [0.3, 0.4) is 0 Å². The topological polar surface area (TPSA) is 69.0 Å². The van der Waals surface area contributed by atoms with Crippen molar-refractivity contribution in [1.29, 1.82) is 0 Å². The molecule has 0 atom stereocenters. The minimum Gasteiger partial charge on any atom is -0.377 e. The first-order chi connectivity index (χ1) is 16.2. The van der Waals surface area contributed by atoms with Gasteiger partial charge >= 0.3 is 0 Å². The number of hydrogen-bond acceptors (Lipinski definition) is 6. The molecular weight excluding hydrogens is 412 g/mol. The molecule has 0 amide bonds. The minimum atomic E-state index is 0.269. The highest BCUT2D eigenvalue weighted by atomic mass is 16.5. The molecule has 0 aliphatic carbocycles. The standard InChI is InChI=1S/C26H26N6O/c1-31-10-7-19-11-18(4-5-21(19)14-31)12-25-28-9-6-24(29-25)23-15-32(22-16-33-17-22)30-26(23)20-3-2-8-27-13-20/h2-6,8-9,11,13,15,22H,7,10,12,14,16-17H2,1H3. The molecule has 4 aromatic rings. The molecule has 7 heteroatoms. The number of benzene rings is 1. The zero-order valence-electron chi connectivity index (χ0n) is 18.7. The van der Waals surface area contributed by atoms with Gasteiger partial charge in [-0.05, 0) is 48.4 Å². The first-order valence-corrected chi connectivity index (χ1v) is 11.4. The van der Waals surface area contributed by atoms with Gasteiger partial charge in [0, 0.05) is 55.4 Å². The van der Waals surface area contributed by atoms with Crippen molar-refractivity contribution in [1.82, 2.24) is 29.6 Å². The van der Waals surface area contributed by atoms with Crippen LogP contribution in [-0.2, 0) is 24.1 Å². The molecule has 0 radical (unpaired) electrons. The largest absolute Gasteiger partial charge is 0.377 e. The van der Waals surface area contributed by atoms with Crippen molar-refractivity contribution >= 4 is 0 Å². The molecule has 3 aromatic heterocycles. The van der Waals surface area contributed by atoms with Crippen molar-refractivity contribution in [2.24, 2.45) is 0 Å². The van der Waals surface area contributed by atoms with E-state index in [-0.39, 0.29) is 6.04 Å². The summed E-state index contributed by atoms with van der Waals surface area (Å²) >= 11 is 0. The van der Waals surface area contributed by atoms with Crippen LogP contribution in [0.15, 0.2) is 61.2 Å². The number of hydrogen-bond donors (Lipinski definition) is 0. The molecule has 1 fully saturated rings. The van der Waals surface area contributed by atoms with E-state index in [0.29, 0.717) is 19.6 Å². The maximum absolute atomic E-state index is 5.38. The number of likely N-dealkylation sites (N-methyl/N-ethyl adjacent to an activating group) is 1. The normalized spacial score (nSPS) is 16.4. The lowest BCUT2D eigenvalue weighted by Gasteiger charge is -2.25. The molecular formula is C26H26N6O. The maximum atomic E-state index is 5.38. The van der Waals surface area contributed by atoms with Crippen molar-refractivity contribution < 1.29 is 4.74 Å². The van der Waals surface area contributed by atoms with Gasteiger partial charge in [-0.2, -0.15) is 5.10 Å². The predicted molar refractivity (Wildman–Crippen MR) is 126 cm³/mol. The maximum Gasteiger partial charge on any atom is 0.133 e. The van der Waals surface area contributed by atoms with Gasteiger partial charge in [-0.3, -0.25) is 9.67 Å². The Morgan fingerprint density at radius 3 is 2.85 bits per heavy atom. The summed E-state index contributed by atoms with van der Waals surface area (Å²) in [6.45, 7) is 3.51. The van der Waals surface area contributed by atoms with Crippen molar-refractivity contribution in [3.8, 4) is 22.5 Å². The molecule has 166 valence electrons. The molecule has 0 unspecified atom stereocenters. The highest BCUT2D eigenvalue weighted by Crippen LogP contribution is 2.32. The van der Waals surface area contributed by atoms with Crippen LogP contribution in [0.2, 0.25) is 0 Å².